The summed E-state index contributed by atoms with van der Waals surface area (Å²) in [6, 6.07) is 24.7. The fraction of sp³-hybridized carbons (Fsp3) is 0.100. The molecule has 3 N–H and O–H groups in total. The molecule has 0 saturated heterocycles. The zero-order valence-electron chi connectivity index (χ0n) is 22.3. The van der Waals surface area contributed by atoms with Crippen molar-refractivity contribution < 1.29 is 28.6 Å². The molecule has 0 unspecified atom stereocenters. The molecule has 0 aliphatic rings. The number of aliphatic carboxylic acids is 1. The monoisotopic (exact) mass is 568 g/mol. The van der Waals surface area contributed by atoms with Crippen LogP contribution in [0.3, 0.4) is 0 Å². The number of carbonyl (C=O) groups excluding carboxylic acids is 1. The summed E-state index contributed by atoms with van der Waals surface area (Å²) in [7, 11) is 1.48. The number of fused-ring (bicyclic) bond motifs is 1. The molecule has 0 aliphatic carbocycles. The number of methoxy groups -OCH3 is 1. The molecule has 0 saturated carbocycles. The molecular formula is C30H25FN6O5. The van der Waals surface area contributed by atoms with Crippen LogP contribution in [0, 0.1) is 5.82 Å². The number of anilines is 3. The molecule has 5 rings (SSSR count). The summed E-state index contributed by atoms with van der Waals surface area (Å²) in [6.07, 6.45) is 0. The summed E-state index contributed by atoms with van der Waals surface area (Å²) in [5.74, 6) is -1.01. The number of nitrogens with zero attached hydrogens (tertiary/aromatic N) is 4. The minimum Gasteiger partial charge on any atom is -0.495 e. The highest BCUT2D eigenvalue weighted by atomic mass is 19.1. The Balaban J connectivity index is 1.48. The molecular weight excluding hydrogens is 543 g/mol. The number of aromatic nitrogens is 3. The van der Waals surface area contributed by atoms with E-state index in [-0.39, 0.29) is 24.5 Å². The van der Waals surface area contributed by atoms with Crippen LogP contribution in [-0.4, -0.2) is 45.7 Å². The number of hydrogen-bond acceptors (Lipinski definition) is 8. The minimum absolute atomic E-state index is 0.0266. The first kappa shape index (κ1) is 27.8. The molecule has 1 heterocycles. The van der Waals surface area contributed by atoms with Crippen LogP contribution < -0.4 is 25.0 Å². The van der Waals surface area contributed by atoms with Gasteiger partial charge in [0.15, 0.2) is 0 Å². The van der Waals surface area contributed by atoms with Gasteiger partial charge in [-0.2, -0.15) is 15.0 Å². The molecule has 0 aliphatic heterocycles. The SMILES string of the molecule is COc1ccccc1NC(=O)Nc1nc(Oc2ccc3ccccc3c2)nc(N(CC(=O)O)Cc2ccc(F)cc2)n1. The number of amides is 2. The number of carboxylic acids is 1. The highest BCUT2D eigenvalue weighted by Crippen LogP contribution is 2.27. The van der Waals surface area contributed by atoms with Crippen LogP contribution in [0.15, 0.2) is 91.0 Å². The van der Waals surface area contributed by atoms with Gasteiger partial charge in [-0.15, -0.1) is 0 Å². The fourth-order valence-electron chi connectivity index (χ4n) is 4.10. The van der Waals surface area contributed by atoms with Crippen LogP contribution in [0.5, 0.6) is 17.5 Å². The van der Waals surface area contributed by atoms with Gasteiger partial charge in [0.05, 0.1) is 12.8 Å². The van der Waals surface area contributed by atoms with E-state index in [0.29, 0.717) is 22.7 Å². The van der Waals surface area contributed by atoms with Crippen LogP contribution in [0.4, 0.5) is 26.8 Å². The van der Waals surface area contributed by atoms with Gasteiger partial charge in [-0.1, -0.05) is 54.6 Å². The number of hydrogen-bond donors (Lipinski definition) is 3. The van der Waals surface area contributed by atoms with Crippen molar-refractivity contribution in [1.29, 1.82) is 0 Å². The normalized spacial score (nSPS) is 10.6. The van der Waals surface area contributed by atoms with Crippen LogP contribution in [0.25, 0.3) is 10.8 Å². The maximum absolute atomic E-state index is 13.5. The van der Waals surface area contributed by atoms with Crippen molar-refractivity contribution in [3.8, 4) is 17.5 Å². The maximum Gasteiger partial charge on any atom is 0.328 e. The van der Waals surface area contributed by atoms with E-state index in [0.717, 1.165) is 10.8 Å². The number of halogens is 1. The number of para-hydroxylation sites is 2. The first-order valence-electron chi connectivity index (χ1n) is 12.7. The summed E-state index contributed by atoms with van der Waals surface area (Å²) in [6.45, 7) is -0.470. The predicted octanol–water partition coefficient (Wildman–Crippen LogP) is 5.70. The Kier molecular flexibility index (Phi) is 8.33. The Morgan fingerprint density at radius 1 is 0.881 bits per heavy atom. The van der Waals surface area contributed by atoms with Crippen LogP contribution in [0.2, 0.25) is 0 Å². The van der Waals surface area contributed by atoms with Crippen molar-refractivity contribution in [2.24, 2.45) is 0 Å². The number of urea groups is 1. The van der Waals surface area contributed by atoms with Gasteiger partial charge >= 0.3 is 18.0 Å². The van der Waals surface area contributed by atoms with Crippen LogP contribution >= 0.6 is 0 Å². The highest BCUT2D eigenvalue weighted by Gasteiger charge is 2.20. The molecule has 12 heteroatoms. The lowest BCUT2D eigenvalue weighted by molar-refractivity contribution is -0.135. The number of carboxylic acid groups (broad SMARTS) is 1. The Hall–Kier alpha value is -5.78. The van der Waals surface area contributed by atoms with Gasteiger partial charge in [0.25, 0.3) is 0 Å². The summed E-state index contributed by atoms with van der Waals surface area (Å²) < 4.78 is 24.7. The van der Waals surface area contributed by atoms with E-state index in [1.165, 1.54) is 36.3 Å². The van der Waals surface area contributed by atoms with Crippen molar-refractivity contribution in [2.75, 3.05) is 29.2 Å². The van der Waals surface area contributed by atoms with E-state index < -0.39 is 24.4 Å². The van der Waals surface area contributed by atoms with E-state index >= 15 is 0 Å². The molecule has 4 aromatic carbocycles. The fourth-order valence-corrected chi connectivity index (χ4v) is 4.10. The van der Waals surface area contributed by atoms with Crippen molar-refractivity contribution >= 4 is 40.4 Å². The molecule has 0 fully saturated rings. The summed E-state index contributed by atoms with van der Waals surface area (Å²) in [4.78, 5) is 38.9. The topological polar surface area (TPSA) is 139 Å². The van der Waals surface area contributed by atoms with Crippen LogP contribution in [-0.2, 0) is 11.3 Å². The third kappa shape index (κ3) is 7.04. The molecule has 11 nitrogen and oxygen atoms in total. The average Bonchev–Trinajstić information content (AvgIpc) is 2.98. The Morgan fingerprint density at radius 3 is 2.38 bits per heavy atom. The van der Waals surface area contributed by atoms with Gasteiger partial charge in [0.2, 0.25) is 11.9 Å². The van der Waals surface area contributed by atoms with Gasteiger partial charge in [-0.3, -0.25) is 10.1 Å². The maximum atomic E-state index is 13.5. The van der Waals surface area contributed by atoms with Gasteiger partial charge < -0.3 is 24.8 Å². The Morgan fingerprint density at radius 2 is 1.62 bits per heavy atom. The highest BCUT2D eigenvalue weighted by molar-refractivity contribution is 5.99. The number of ether oxygens (including phenoxy) is 2. The summed E-state index contributed by atoms with van der Waals surface area (Å²) >= 11 is 0. The predicted molar refractivity (Wildman–Crippen MR) is 155 cm³/mol. The lowest BCUT2D eigenvalue weighted by atomic mass is 10.1. The second-order valence-corrected chi connectivity index (χ2v) is 9.01. The smallest absolute Gasteiger partial charge is 0.328 e. The van der Waals surface area contributed by atoms with Gasteiger partial charge in [0.1, 0.15) is 23.9 Å². The molecule has 0 bridgehead atoms. The second-order valence-electron chi connectivity index (χ2n) is 9.01. The van der Waals surface area contributed by atoms with Gasteiger partial charge in [-0.25, -0.2) is 9.18 Å². The van der Waals surface area contributed by atoms with E-state index in [2.05, 4.69) is 25.6 Å². The van der Waals surface area contributed by atoms with Gasteiger partial charge in [-0.05, 0) is 52.7 Å². The third-order valence-corrected chi connectivity index (χ3v) is 6.01. The van der Waals surface area contributed by atoms with Crippen LogP contribution in [0.1, 0.15) is 5.56 Å². The van der Waals surface area contributed by atoms with E-state index in [4.69, 9.17) is 9.47 Å². The number of nitrogens with one attached hydrogen (secondary N) is 2. The Bertz CT molecular complexity index is 1730. The molecule has 42 heavy (non-hydrogen) atoms. The second kappa shape index (κ2) is 12.6. The Labute approximate surface area is 239 Å². The number of rotatable bonds is 10. The van der Waals surface area contributed by atoms with E-state index in [1.54, 1.807) is 36.4 Å². The summed E-state index contributed by atoms with van der Waals surface area (Å²) in [5, 5.41) is 16.7. The number of carbonyl (C=O) groups is 2. The zero-order chi connectivity index (χ0) is 29.5. The summed E-state index contributed by atoms with van der Waals surface area (Å²) in [5.41, 5.74) is 1.02. The lowest BCUT2D eigenvalue weighted by Crippen LogP contribution is -2.31. The zero-order valence-corrected chi connectivity index (χ0v) is 22.3. The van der Waals surface area contributed by atoms with Crippen molar-refractivity contribution in [1.82, 2.24) is 15.0 Å². The standard InChI is InChI=1S/C30H25FN6O5/c1-41-25-9-5-4-8-24(25)32-29(40)34-27-33-28(37(18-26(38)39)17-19-10-13-22(31)14-11-19)36-30(35-27)42-23-15-12-20-6-2-3-7-21(20)16-23/h2-16H,17-18H2,1H3,(H,38,39)(H2,32,33,34,35,36,40). The number of benzene rings is 4. The molecule has 0 atom stereocenters. The minimum atomic E-state index is -1.15. The van der Waals surface area contributed by atoms with Crippen molar-refractivity contribution in [2.45, 2.75) is 6.54 Å². The first-order valence-corrected chi connectivity index (χ1v) is 12.7. The van der Waals surface area contributed by atoms with Crippen molar-refractivity contribution in [3.63, 3.8) is 0 Å². The van der Waals surface area contributed by atoms with Crippen molar-refractivity contribution in [3.05, 3.63) is 102 Å². The van der Waals surface area contributed by atoms with E-state index in [9.17, 15) is 19.1 Å². The molecule has 212 valence electrons. The molecule has 0 spiro atoms. The third-order valence-electron chi connectivity index (χ3n) is 6.01. The largest absolute Gasteiger partial charge is 0.495 e. The lowest BCUT2D eigenvalue weighted by Gasteiger charge is -2.21. The molecule has 0 radical (unpaired) electrons. The average molecular weight is 569 g/mol. The molecule has 2 amide bonds. The van der Waals surface area contributed by atoms with E-state index in [1.807, 2.05) is 30.3 Å². The van der Waals surface area contributed by atoms with Gasteiger partial charge in [0, 0.05) is 6.54 Å². The molecule has 1 aromatic heterocycles. The first-order chi connectivity index (χ1) is 20.4. The molecule has 5 aromatic rings. The quantitative estimate of drug-likeness (QED) is 0.194.